The first kappa shape index (κ1) is 27.2. The molecule has 1 amide bonds. The molecule has 1 aliphatic heterocycles. The van der Waals surface area contributed by atoms with E-state index in [1.807, 2.05) is 54.7 Å². The standard InChI is InChI=1S/C33H36N6O/c1-23-13-15-39(16-14-23)22-26(20-34-3)17-24(2)27-9-12-31-30(19-27)32(38-37-31)33(40)36-29-11-10-28(35-21-29)18-25-7-5-4-6-8-25/h4-12,17,19-21,23H,3,13-16,18,22H2,1-2H3,(H,36,40)(H,37,38)/b24-17+,26-20+. The van der Waals surface area contributed by atoms with Crippen molar-refractivity contribution >= 4 is 34.8 Å². The first-order valence-electron chi connectivity index (χ1n) is 13.8. The first-order chi connectivity index (χ1) is 19.5. The minimum Gasteiger partial charge on any atom is -0.319 e. The molecule has 0 unspecified atom stereocenters. The van der Waals surface area contributed by atoms with Crippen molar-refractivity contribution in [3.8, 4) is 0 Å². The number of aromatic amines is 1. The van der Waals surface area contributed by atoms with E-state index in [1.54, 1.807) is 6.20 Å². The van der Waals surface area contributed by atoms with E-state index in [9.17, 15) is 4.79 Å². The zero-order valence-corrected chi connectivity index (χ0v) is 23.2. The van der Waals surface area contributed by atoms with Crippen molar-refractivity contribution in [3.63, 3.8) is 0 Å². The maximum Gasteiger partial charge on any atom is 0.276 e. The molecule has 0 atom stereocenters. The molecule has 1 aliphatic rings. The number of amides is 1. The third kappa shape index (κ3) is 6.79. The number of pyridine rings is 1. The van der Waals surface area contributed by atoms with Crippen molar-refractivity contribution in [1.29, 1.82) is 0 Å². The maximum atomic E-state index is 13.2. The van der Waals surface area contributed by atoms with Crippen LogP contribution in [0.5, 0.6) is 0 Å². The molecule has 4 aromatic rings. The molecule has 3 heterocycles. The molecule has 0 aliphatic carbocycles. The summed E-state index contributed by atoms with van der Waals surface area (Å²) in [6.07, 6.45) is 8.90. The molecule has 7 nitrogen and oxygen atoms in total. The Hall–Kier alpha value is -4.36. The molecule has 0 spiro atoms. The second-order valence-electron chi connectivity index (χ2n) is 10.7. The Morgan fingerprint density at radius 2 is 1.95 bits per heavy atom. The van der Waals surface area contributed by atoms with E-state index in [0.717, 1.165) is 65.3 Å². The average molecular weight is 533 g/mol. The summed E-state index contributed by atoms with van der Waals surface area (Å²) in [5, 5.41) is 11.0. The molecule has 0 bridgehead atoms. The van der Waals surface area contributed by atoms with Gasteiger partial charge < -0.3 is 5.32 Å². The van der Waals surface area contributed by atoms with Gasteiger partial charge in [0.25, 0.3) is 5.91 Å². The highest BCUT2D eigenvalue weighted by atomic mass is 16.1. The van der Waals surface area contributed by atoms with Crippen LogP contribution in [0.2, 0.25) is 0 Å². The van der Waals surface area contributed by atoms with Crippen molar-refractivity contribution in [3.05, 3.63) is 107 Å². The third-order valence-corrected chi connectivity index (χ3v) is 7.49. The summed E-state index contributed by atoms with van der Waals surface area (Å²) in [4.78, 5) is 24.2. The molecule has 0 saturated carbocycles. The average Bonchev–Trinajstić information content (AvgIpc) is 3.39. The van der Waals surface area contributed by atoms with Gasteiger partial charge in [-0.2, -0.15) is 5.10 Å². The molecular formula is C33H36N6O. The zero-order valence-electron chi connectivity index (χ0n) is 23.2. The minimum absolute atomic E-state index is 0.279. The van der Waals surface area contributed by atoms with Gasteiger partial charge in [0.2, 0.25) is 0 Å². The molecule has 5 rings (SSSR count). The number of fused-ring (bicyclic) bond motifs is 1. The van der Waals surface area contributed by atoms with E-state index in [0.29, 0.717) is 11.4 Å². The summed E-state index contributed by atoms with van der Waals surface area (Å²) >= 11 is 0. The molecule has 7 heteroatoms. The van der Waals surface area contributed by atoms with Crippen LogP contribution in [0.15, 0.2) is 89.7 Å². The highest BCUT2D eigenvalue weighted by molar-refractivity contribution is 6.11. The molecule has 2 aromatic heterocycles. The zero-order chi connectivity index (χ0) is 27.9. The van der Waals surface area contributed by atoms with Crippen LogP contribution < -0.4 is 5.32 Å². The highest BCUT2D eigenvalue weighted by Gasteiger charge is 2.17. The third-order valence-electron chi connectivity index (χ3n) is 7.49. The number of aromatic nitrogens is 3. The SMILES string of the molecule is C=N/C=C(\C=C(/C)c1ccc2[nH]nc(C(=O)Nc3ccc(Cc4ccccc4)nc3)c2c1)CN1CCC(C)CC1. The maximum absolute atomic E-state index is 13.2. The Labute approximate surface area is 235 Å². The second kappa shape index (κ2) is 12.7. The van der Waals surface area contributed by atoms with Gasteiger partial charge in [0.15, 0.2) is 5.69 Å². The lowest BCUT2D eigenvalue weighted by Crippen LogP contribution is -2.34. The molecular weight excluding hydrogens is 496 g/mol. The molecule has 204 valence electrons. The summed E-state index contributed by atoms with van der Waals surface area (Å²) in [6.45, 7) is 11.1. The van der Waals surface area contributed by atoms with Crippen LogP contribution in [0.25, 0.3) is 16.5 Å². The number of anilines is 1. The number of carbonyl (C=O) groups is 1. The number of hydrogen-bond acceptors (Lipinski definition) is 5. The van der Waals surface area contributed by atoms with Crippen molar-refractivity contribution in [2.45, 2.75) is 33.1 Å². The number of hydrogen-bond donors (Lipinski definition) is 2. The molecule has 40 heavy (non-hydrogen) atoms. The number of nitrogens with one attached hydrogen (secondary N) is 2. The molecule has 2 N–H and O–H groups in total. The Bertz CT molecular complexity index is 1530. The lowest BCUT2D eigenvalue weighted by atomic mass is 9.98. The van der Waals surface area contributed by atoms with Crippen LogP contribution in [-0.2, 0) is 6.42 Å². The number of benzene rings is 2. The van der Waals surface area contributed by atoms with Crippen LogP contribution in [0.4, 0.5) is 5.69 Å². The van der Waals surface area contributed by atoms with Crippen LogP contribution >= 0.6 is 0 Å². The summed E-state index contributed by atoms with van der Waals surface area (Å²) < 4.78 is 0. The van der Waals surface area contributed by atoms with E-state index in [-0.39, 0.29) is 5.91 Å². The number of piperidine rings is 1. The van der Waals surface area contributed by atoms with Crippen LogP contribution in [0.3, 0.4) is 0 Å². The van der Waals surface area contributed by atoms with Gasteiger partial charge in [-0.05, 0) is 92.0 Å². The Morgan fingerprint density at radius 3 is 2.67 bits per heavy atom. The fourth-order valence-electron chi connectivity index (χ4n) is 5.11. The van der Waals surface area contributed by atoms with Gasteiger partial charge in [0.05, 0.1) is 17.4 Å². The smallest absolute Gasteiger partial charge is 0.276 e. The fraction of sp³-hybridized carbons (Fsp3) is 0.273. The lowest BCUT2D eigenvalue weighted by molar-refractivity contribution is 0.102. The minimum atomic E-state index is -0.279. The molecule has 0 radical (unpaired) electrons. The number of rotatable bonds is 9. The van der Waals surface area contributed by atoms with Gasteiger partial charge in [-0.15, -0.1) is 0 Å². The lowest BCUT2D eigenvalue weighted by Gasteiger charge is -2.30. The highest BCUT2D eigenvalue weighted by Crippen LogP contribution is 2.25. The normalized spacial score (nSPS) is 15.3. The Balaban J connectivity index is 1.30. The van der Waals surface area contributed by atoms with Gasteiger partial charge >= 0.3 is 0 Å². The van der Waals surface area contributed by atoms with E-state index in [4.69, 9.17) is 0 Å². The molecule has 2 aromatic carbocycles. The van der Waals surface area contributed by atoms with Gasteiger partial charge in [-0.1, -0.05) is 49.4 Å². The fourth-order valence-corrected chi connectivity index (χ4v) is 5.11. The van der Waals surface area contributed by atoms with E-state index in [2.05, 4.69) is 69.2 Å². The predicted octanol–water partition coefficient (Wildman–Crippen LogP) is 6.52. The quantitative estimate of drug-likeness (QED) is 0.190. The summed E-state index contributed by atoms with van der Waals surface area (Å²) in [7, 11) is 0. The van der Waals surface area contributed by atoms with Crippen molar-refractivity contribution in [2.24, 2.45) is 10.9 Å². The van der Waals surface area contributed by atoms with E-state index >= 15 is 0 Å². The van der Waals surface area contributed by atoms with Gasteiger partial charge in [-0.25, -0.2) is 0 Å². The molecule has 1 saturated heterocycles. The van der Waals surface area contributed by atoms with Crippen LogP contribution in [-0.4, -0.2) is 52.3 Å². The number of carbonyl (C=O) groups excluding carboxylic acids is 1. The number of nitrogens with zero attached hydrogens (tertiary/aromatic N) is 4. The predicted molar refractivity (Wildman–Crippen MR) is 164 cm³/mol. The van der Waals surface area contributed by atoms with Gasteiger partial charge in [0, 0.05) is 30.2 Å². The van der Waals surface area contributed by atoms with Crippen LogP contribution in [0, 0.1) is 5.92 Å². The number of H-pyrrole nitrogens is 1. The van der Waals surface area contributed by atoms with Gasteiger partial charge in [0.1, 0.15) is 0 Å². The largest absolute Gasteiger partial charge is 0.319 e. The van der Waals surface area contributed by atoms with Gasteiger partial charge in [-0.3, -0.25) is 24.8 Å². The van der Waals surface area contributed by atoms with Crippen LogP contribution in [0.1, 0.15) is 54.0 Å². The Kier molecular flexibility index (Phi) is 8.62. The summed E-state index contributed by atoms with van der Waals surface area (Å²) in [6, 6.07) is 20.0. The van der Waals surface area contributed by atoms with Crippen molar-refractivity contribution < 1.29 is 4.79 Å². The number of allylic oxidation sites excluding steroid dienone is 1. The Morgan fingerprint density at radius 1 is 1.15 bits per heavy atom. The van der Waals surface area contributed by atoms with Crippen molar-refractivity contribution in [1.82, 2.24) is 20.1 Å². The monoisotopic (exact) mass is 532 g/mol. The van der Waals surface area contributed by atoms with E-state index in [1.165, 1.54) is 18.4 Å². The van der Waals surface area contributed by atoms with Crippen molar-refractivity contribution in [2.75, 3.05) is 25.0 Å². The number of aliphatic imine (C=N–C) groups is 1. The number of likely N-dealkylation sites (tertiary alicyclic amines) is 1. The summed E-state index contributed by atoms with van der Waals surface area (Å²) in [5.74, 6) is 0.514. The molecule has 1 fully saturated rings. The second-order valence-corrected chi connectivity index (χ2v) is 10.7. The summed E-state index contributed by atoms with van der Waals surface area (Å²) in [5.41, 5.74) is 7.16. The first-order valence-corrected chi connectivity index (χ1v) is 13.8. The topological polar surface area (TPSA) is 86.3 Å². The van der Waals surface area contributed by atoms with E-state index < -0.39 is 0 Å².